The highest BCUT2D eigenvalue weighted by Gasteiger charge is 2.19. The van der Waals surface area contributed by atoms with E-state index in [1.807, 2.05) is 6.07 Å². The van der Waals surface area contributed by atoms with Crippen molar-refractivity contribution in [3.63, 3.8) is 0 Å². The summed E-state index contributed by atoms with van der Waals surface area (Å²) < 4.78 is 28.8. The van der Waals surface area contributed by atoms with E-state index in [1.54, 1.807) is 24.3 Å². The van der Waals surface area contributed by atoms with Gasteiger partial charge in [0.05, 0.1) is 5.75 Å². The van der Waals surface area contributed by atoms with Crippen LogP contribution in [0.1, 0.15) is 0 Å². The zero-order chi connectivity index (χ0) is 13.0. The number of nitrogens with zero attached hydrogens (tertiary/aromatic N) is 2. The Bertz CT molecular complexity index is 609. The van der Waals surface area contributed by atoms with E-state index >= 15 is 0 Å². The third kappa shape index (κ3) is 2.98. The van der Waals surface area contributed by atoms with Gasteiger partial charge >= 0.3 is 0 Å². The van der Waals surface area contributed by atoms with Crippen molar-refractivity contribution >= 4 is 15.8 Å². The van der Waals surface area contributed by atoms with Gasteiger partial charge < -0.3 is 10.5 Å². The quantitative estimate of drug-likeness (QED) is 0.803. The number of nitrogen functional groups attached to an aromatic ring is 1. The summed E-state index contributed by atoms with van der Waals surface area (Å²) in [5.74, 6) is 0.318. The summed E-state index contributed by atoms with van der Waals surface area (Å²) in [6.07, 6.45) is 0. The molecule has 0 atom stereocenters. The predicted molar refractivity (Wildman–Crippen MR) is 64.8 cm³/mol. The number of nitrogens with two attached hydrogens (primary N) is 1. The molecule has 0 fully saturated rings. The summed E-state index contributed by atoms with van der Waals surface area (Å²) in [5.41, 5.74) is 5.25. The summed E-state index contributed by atoms with van der Waals surface area (Å²) in [6, 6.07) is 8.96. The fourth-order valence-electron chi connectivity index (χ4n) is 1.28. The minimum absolute atomic E-state index is 0.0347. The van der Waals surface area contributed by atoms with Crippen LogP contribution in [-0.2, 0) is 9.84 Å². The summed E-state index contributed by atoms with van der Waals surface area (Å²) in [6.45, 7) is 0.0347. The van der Waals surface area contributed by atoms with Crippen LogP contribution in [0.5, 0.6) is 5.75 Å². The second kappa shape index (κ2) is 5.05. The van der Waals surface area contributed by atoms with Gasteiger partial charge in [0.2, 0.25) is 20.9 Å². The molecule has 0 saturated carbocycles. The molecule has 0 saturated heterocycles. The fraction of sp³-hybridized carbons (Fsp3) is 0.200. The number of nitrogens with one attached hydrogen (secondary N) is 1. The van der Waals surface area contributed by atoms with E-state index in [-0.39, 0.29) is 23.5 Å². The fourth-order valence-corrected chi connectivity index (χ4v) is 2.19. The van der Waals surface area contributed by atoms with Gasteiger partial charge in [-0.1, -0.05) is 18.2 Å². The maximum Gasteiger partial charge on any atom is 0.244 e. The second-order valence-corrected chi connectivity index (χ2v) is 5.50. The average molecular weight is 268 g/mol. The molecule has 7 nitrogen and oxygen atoms in total. The van der Waals surface area contributed by atoms with Gasteiger partial charge in [0, 0.05) is 0 Å². The molecule has 18 heavy (non-hydrogen) atoms. The maximum absolute atomic E-state index is 11.8. The number of ether oxygens (including phenoxy) is 1. The standard InChI is InChI=1S/C10H12N4O3S/c11-9-12-10(14-13-9)18(15,16)7-6-17-8-4-2-1-3-5-8/h1-5H,6-7H2,(H3,11,12,13,14). The van der Waals surface area contributed by atoms with Gasteiger partial charge in [-0.3, -0.25) is 0 Å². The van der Waals surface area contributed by atoms with Crippen molar-refractivity contribution < 1.29 is 13.2 Å². The van der Waals surface area contributed by atoms with Gasteiger partial charge in [0.1, 0.15) is 12.4 Å². The summed E-state index contributed by atoms with van der Waals surface area (Å²) >= 11 is 0. The van der Waals surface area contributed by atoms with Crippen LogP contribution in [0.2, 0.25) is 0 Å². The Kier molecular flexibility index (Phi) is 3.47. The maximum atomic E-state index is 11.8. The van der Waals surface area contributed by atoms with Crippen LogP contribution in [0, 0.1) is 0 Å². The molecule has 0 spiro atoms. The van der Waals surface area contributed by atoms with Crippen molar-refractivity contribution in [3.05, 3.63) is 30.3 Å². The molecule has 0 unspecified atom stereocenters. The molecule has 2 aromatic rings. The number of aromatic amines is 1. The lowest BCUT2D eigenvalue weighted by Gasteiger charge is -2.05. The van der Waals surface area contributed by atoms with Crippen molar-refractivity contribution in [3.8, 4) is 5.75 Å². The first kappa shape index (κ1) is 12.4. The number of sulfone groups is 1. The lowest BCUT2D eigenvalue weighted by atomic mass is 10.3. The molecule has 0 aliphatic rings. The third-order valence-corrected chi connectivity index (χ3v) is 3.62. The average Bonchev–Trinajstić information content (AvgIpc) is 2.78. The first-order valence-electron chi connectivity index (χ1n) is 5.16. The molecule has 0 bridgehead atoms. The summed E-state index contributed by atoms with van der Waals surface area (Å²) in [7, 11) is -3.54. The molecule has 96 valence electrons. The van der Waals surface area contributed by atoms with Gasteiger partial charge in [-0.05, 0) is 12.1 Å². The van der Waals surface area contributed by atoms with Crippen molar-refractivity contribution in [1.29, 1.82) is 0 Å². The number of H-pyrrole nitrogens is 1. The summed E-state index contributed by atoms with van der Waals surface area (Å²) in [4.78, 5) is 3.58. The normalized spacial score (nSPS) is 11.3. The van der Waals surface area contributed by atoms with E-state index < -0.39 is 9.84 Å². The van der Waals surface area contributed by atoms with E-state index in [9.17, 15) is 8.42 Å². The predicted octanol–water partition coefficient (Wildman–Crippen LogP) is 0.240. The van der Waals surface area contributed by atoms with Crippen LogP contribution < -0.4 is 10.5 Å². The lowest BCUT2D eigenvalue weighted by Crippen LogP contribution is -2.15. The number of anilines is 1. The Labute approximate surface area is 104 Å². The van der Waals surface area contributed by atoms with Crippen LogP contribution in [-0.4, -0.2) is 36.0 Å². The molecule has 1 aromatic heterocycles. The van der Waals surface area contributed by atoms with Crippen molar-refractivity contribution in [2.45, 2.75) is 5.16 Å². The molecule has 1 aromatic carbocycles. The number of hydrogen-bond acceptors (Lipinski definition) is 6. The van der Waals surface area contributed by atoms with Gasteiger partial charge in [-0.25, -0.2) is 13.5 Å². The molecule has 0 amide bonds. The molecular weight excluding hydrogens is 256 g/mol. The second-order valence-electron chi connectivity index (χ2n) is 3.48. The third-order valence-electron chi connectivity index (χ3n) is 2.14. The number of hydrogen-bond donors (Lipinski definition) is 2. The highest BCUT2D eigenvalue weighted by Crippen LogP contribution is 2.10. The van der Waals surface area contributed by atoms with Crippen molar-refractivity contribution in [1.82, 2.24) is 15.2 Å². The minimum Gasteiger partial charge on any atom is -0.493 e. The molecule has 0 radical (unpaired) electrons. The number of benzene rings is 1. The molecule has 1 heterocycles. The zero-order valence-corrected chi connectivity index (χ0v) is 10.2. The monoisotopic (exact) mass is 268 g/mol. The van der Waals surface area contributed by atoms with Crippen LogP contribution >= 0.6 is 0 Å². The molecule has 2 rings (SSSR count). The smallest absolute Gasteiger partial charge is 0.244 e. The Balaban J connectivity index is 1.94. The van der Waals surface area contributed by atoms with E-state index in [4.69, 9.17) is 10.5 Å². The van der Waals surface area contributed by atoms with E-state index in [2.05, 4.69) is 15.2 Å². The van der Waals surface area contributed by atoms with E-state index in [0.717, 1.165) is 0 Å². The topological polar surface area (TPSA) is 111 Å². The highest BCUT2D eigenvalue weighted by atomic mass is 32.2. The van der Waals surface area contributed by atoms with E-state index in [1.165, 1.54) is 0 Å². The molecule has 8 heteroatoms. The number of rotatable bonds is 5. The van der Waals surface area contributed by atoms with Gasteiger partial charge in [-0.15, -0.1) is 5.10 Å². The lowest BCUT2D eigenvalue weighted by molar-refractivity contribution is 0.340. The zero-order valence-electron chi connectivity index (χ0n) is 9.41. The van der Waals surface area contributed by atoms with Gasteiger partial charge in [-0.2, -0.15) is 4.98 Å². The SMILES string of the molecule is Nc1n[nH]c(S(=O)(=O)CCOc2ccccc2)n1. The number of aromatic nitrogens is 3. The van der Waals surface area contributed by atoms with Gasteiger partial charge in [0.15, 0.2) is 0 Å². The Morgan fingerprint density at radius 3 is 2.61 bits per heavy atom. The first-order chi connectivity index (χ1) is 8.58. The van der Waals surface area contributed by atoms with E-state index in [0.29, 0.717) is 5.75 Å². The Hall–Kier alpha value is -2.09. The highest BCUT2D eigenvalue weighted by molar-refractivity contribution is 7.91. The summed E-state index contributed by atoms with van der Waals surface area (Å²) in [5, 5.41) is 5.50. The Morgan fingerprint density at radius 1 is 1.28 bits per heavy atom. The van der Waals surface area contributed by atoms with Crippen molar-refractivity contribution in [2.75, 3.05) is 18.1 Å². The van der Waals surface area contributed by atoms with Crippen molar-refractivity contribution in [2.24, 2.45) is 0 Å². The molecule has 3 N–H and O–H groups in total. The Morgan fingerprint density at radius 2 is 2.00 bits per heavy atom. The molecular formula is C10H12N4O3S. The number of para-hydroxylation sites is 1. The largest absolute Gasteiger partial charge is 0.493 e. The van der Waals surface area contributed by atoms with Crippen LogP contribution in [0.25, 0.3) is 0 Å². The van der Waals surface area contributed by atoms with Gasteiger partial charge in [0.25, 0.3) is 0 Å². The first-order valence-corrected chi connectivity index (χ1v) is 6.81. The van der Waals surface area contributed by atoms with Crippen LogP contribution in [0.4, 0.5) is 5.95 Å². The van der Waals surface area contributed by atoms with Crippen LogP contribution in [0.15, 0.2) is 35.5 Å². The molecule has 0 aliphatic carbocycles. The minimum atomic E-state index is -3.54. The van der Waals surface area contributed by atoms with Crippen LogP contribution in [0.3, 0.4) is 0 Å². The molecule has 0 aliphatic heterocycles.